The fraction of sp³-hybridized carbons (Fsp3) is 0.500. The Balaban J connectivity index is 1.86. The van der Waals surface area contributed by atoms with Crippen molar-refractivity contribution in [3.8, 4) is 0 Å². The van der Waals surface area contributed by atoms with E-state index in [9.17, 15) is 0 Å². The topological polar surface area (TPSA) is 74.2 Å². The molecule has 1 aliphatic heterocycles. The van der Waals surface area contributed by atoms with E-state index in [1.54, 1.807) is 0 Å². The Morgan fingerprint density at radius 2 is 2.10 bits per heavy atom. The van der Waals surface area contributed by atoms with Gasteiger partial charge in [-0.25, -0.2) is 0 Å². The van der Waals surface area contributed by atoms with Crippen molar-refractivity contribution >= 4 is 0 Å². The van der Waals surface area contributed by atoms with E-state index in [4.69, 9.17) is 15.0 Å². The highest BCUT2D eigenvalue weighted by Gasteiger charge is 2.35. The molecular weight excluding hydrogens is 266 g/mol. The Morgan fingerprint density at radius 1 is 1.29 bits per heavy atom. The Labute approximate surface area is 124 Å². The Bertz CT molecular complexity index is 576. The largest absolute Gasteiger partial charge is 0.367 e. The molecule has 2 heterocycles. The number of hydrogen-bond acceptors (Lipinski definition) is 5. The van der Waals surface area contributed by atoms with Crippen LogP contribution in [0.4, 0.5) is 0 Å². The Kier molecular flexibility index (Phi) is 4.03. The van der Waals surface area contributed by atoms with Crippen LogP contribution in [0, 0.1) is 0 Å². The van der Waals surface area contributed by atoms with Gasteiger partial charge in [0.25, 0.3) is 0 Å². The maximum atomic E-state index is 5.90. The summed E-state index contributed by atoms with van der Waals surface area (Å²) in [6.07, 6.45) is 3.14. The van der Waals surface area contributed by atoms with Gasteiger partial charge in [0, 0.05) is 13.2 Å². The van der Waals surface area contributed by atoms with Crippen LogP contribution < -0.4 is 5.73 Å². The number of hydrogen-bond donors (Lipinski definition) is 1. The molecule has 1 aromatic carbocycles. The summed E-state index contributed by atoms with van der Waals surface area (Å²) in [7, 11) is 0. The second-order valence-corrected chi connectivity index (χ2v) is 5.69. The second kappa shape index (κ2) is 5.95. The third-order valence-electron chi connectivity index (χ3n) is 4.12. The average Bonchev–Trinajstić information content (AvgIpc) is 3.00. The minimum Gasteiger partial charge on any atom is -0.367 e. The van der Waals surface area contributed by atoms with Crippen molar-refractivity contribution in [2.45, 2.75) is 37.7 Å². The van der Waals surface area contributed by atoms with Gasteiger partial charge in [-0.15, -0.1) is 0 Å². The molecule has 21 heavy (non-hydrogen) atoms. The van der Waals surface area contributed by atoms with Gasteiger partial charge in [0.05, 0.1) is 5.92 Å². The van der Waals surface area contributed by atoms with Crippen molar-refractivity contribution in [2.24, 2.45) is 5.73 Å². The minimum absolute atomic E-state index is 0.0698. The number of ether oxygens (including phenoxy) is 1. The Morgan fingerprint density at radius 3 is 2.76 bits per heavy atom. The van der Waals surface area contributed by atoms with Crippen molar-refractivity contribution in [3.63, 3.8) is 0 Å². The highest BCUT2D eigenvalue weighted by atomic mass is 16.5. The van der Waals surface area contributed by atoms with E-state index in [1.165, 1.54) is 0 Å². The first kappa shape index (κ1) is 14.2. The summed E-state index contributed by atoms with van der Waals surface area (Å²) in [6, 6.07) is 10.0. The zero-order valence-electron chi connectivity index (χ0n) is 12.3. The molecule has 112 valence electrons. The molecule has 5 nitrogen and oxygen atoms in total. The predicted molar refractivity (Wildman–Crippen MR) is 78.8 cm³/mol. The van der Waals surface area contributed by atoms with E-state index < -0.39 is 5.60 Å². The lowest BCUT2D eigenvalue weighted by Crippen LogP contribution is -2.31. The molecule has 2 unspecified atom stereocenters. The lowest BCUT2D eigenvalue weighted by atomic mass is 9.95. The van der Waals surface area contributed by atoms with Crippen LogP contribution in [0.3, 0.4) is 0 Å². The fourth-order valence-corrected chi connectivity index (χ4v) is 2.77. The van der Waals surface area contributed by atoms with Crippen molar-refractivity contribution in [3.05, 3.63) is 47.6 Å². The van der Waals surface area contributed by atoms with E-state index in [1.807, 2.05) is 37.3 Å². The standard InChI is InChI=1S/C16H21N3O2/c1-16(9-5-6-10-20-16)15-18-14(21-19-15)13(11-17)12-7-3-2-4-8-12/h2-4,7-8,13H,5-6,9-11,17H2,1H3. The lowest BCUT2D eigenvalue weighted by Gasteiger charge is -2.30. The van der Waals surface area contributed by atoms with E-state index in [-0.39, 0.29) is 5.92 Å². The molecule has 3 rings (SSSR count). The molecule has 2 atom stereocenters. The number of rotatable bonds is 4. The summed E-state index contributed by atoms with van der Waals surface area (Å²) in [6.45, 7) is 3.21. The summed E-state index contributed by atoms with van der Waals surface area (Å²) in [5.41, 5.74) is 6.55. The van der Waals surface area contributed by atoms with Gasteiger partial charge in [-0.3, -0.25) is 0 Å². The van der Waals surface area contributed by atoms with Gasteiger partial charge in [-0.05, 0) is 31.7 Å². The zero-order valence-corrected chi connectivity index (χ0v) is 12.3. The van der Waals surface area contributed by atoms with Gasteiger partial charge in [0.2, 0.25) is 11.7 Å². The maximum absolute atomic E-state index is 5.90. The van der Waals surface area contributed by atoms with Crippen LogP contribution in [0.2, 0.25) is 0 Å². The quantitative estimate of drug-likeness (QED) is 0.935. The summed E-state index contributed by atoms with van der Waals surface area (Å²) in [4.78, 5) is 4.57. The van der Waals surface area contributed by atoms with E-state index >= 15 is 0 Å². The molecule has 0 radical (unpaired) electrons. The van der Waals surface area contributed by atoms with Gasteiger partial charge in [0.15, 0.2) is 0 Å². The highest BCUT2D eigenvalue weighted by Crippen LogP contribution is 2.34. The number of nitrogens with zero attached hydrogens (tertiary/aromatic N) is 2. The smallest absolute Gasteiger partial charge is 0.235 e. The molecule has 1 aromatic heterocycles. The van der Waals surface area contributed by atoms with Crippen molar-refractivity contribution in [2.75, 3.05) is 13.2 Å². The summed E-state index contributed by atoms with van der Waals surface area (Å²) >= 11 is 0. The number of nitrogens with two attached hydrogens (primary N) is 1. The van der Waals surface area contributed by atoms with Gasteiger partial charge in [-0.1, -0.05) is 35.5 Å². The van der Waals surface area contributed by atoms with Crippen LogP contribution in [0.15, 0.2) is 34.9 Å². The van der Waals surface area contributed by atoms with Gasteiger partial charge < -0.3 is 15.0 Å². The third kappa shape index (κ3) is 2.84. The fourth-order valence-electron chi connectivity index (χ4n) is 2.77. The normalized spacial score (nSPS) is 23.9. The van der Waals surface area contributed by atoms with Crippen molar-refractivity contribution < 1.29 is 9.26 Å². The van der Waals surface area contributed by atoms with Crippen LogP contribution >= 0.6 is 0 Å². The van der Waals surface area contributed by atoms with Crippen LogP contribution in [0.5, 0.6) is 0 Å². The monoisotopic (exact) mass is 287 g/mol. The zero-order chi connectivity index (χ0) is 14.7. The lowest BCUT2D eigenvalue weighted by molar-refractivity contribution is -0.0770. The summed E-state index contributed by atoms with van der Waals surface area (Å²) in [5, 5.41) is 4.14. The Hall–Kier alpha value is -1.72. The average molecular weight is 287 g/mol. The van der Waals surface area contributed by atoms with Crippen molar-refractivity contribution in [1.82, 2.24) is 10.1 Å². The van der Waals surface area contributed by atoms with Crippen LogP contribution in [0.25, 0.3) is 0 Å². The molecule has 1 saturated heterocycles. The molecule has 0 bridgehead atoms. The predicted octanol–water partition coefficient (Wildman–Crippen LogP) is 2.58. The van der Waals surface area contributed by atoms with Crippen LogP contribution in [-0.4, -0.2) is 23.3 Å². The molecule has 1 aliphatic rings. The van der Waals surface area contributed by atoms with E-state index in [0.717, 1.165) is 31.4 Å². The van der Waals surface area contributed by atoms with E-state index in [0.29, 0.717) is 18.3 Å². The first-order chi connectivity index (χ1) is 10.2. The minimum atomic E-state index is -0.435. The van der Waals surface area contributed by atoms with Crippen LogP contribution in [-0.2, 0) is 10.3 Å². The number of aromatic nitrogens is 2. The molecule has 0 saturated carbocycles. The van der Waals surface area contributed by atoms with Gasteiger partial charge in [-0.2, -0.15) is 4.98 Å². The number of benzene rings is 1. The maximum Gasteiger partial charge on any atom is 0.235 e. The molecule has 0 spiro atoms. The SMILES string of the molecule is CC1(c2noc(C(CN)c3ccccc3)n2)CCCCO1. The molecule has 1 fully saturated rings. The summed E-state index contributed by atoms with van der Waals surface area (Å²) in [5.74, 6) is 1.13. The van der Waals surface area contributed by atoms with E-state index in [2.05, 4.69) is 10.1 Å². The first-order valence-electron chi connectivity index (χ1n) is 7.46. The highest BCUT2D eigenvalue weighted by molar-refractivity contribution is 5.25. The van der Waals surface area contributed by atoms with Gasteiger partial charge in [0.1, 0.15) is 5.60 Å². The molecule has 2 N–H and O–H groups in total. The molecule has 0 aliphatic carbocycles. The second-order valence-electron chi connectivity index (χ2n) is 5.69. The molecule has 2 aromatic rings. The molecular formula is C16H21N3O2. The van der Waals surface area contributed by atoms with Gasteiger partial charge >= 0.3 is 0 Å². The summed E-state index contributed by atoms with van der Waals surface area (Å²) < 4.78 is 11.3. The third-order valence-corrected chi connectivity index (χ3v) is 4.12. The first-order valence-corrected chi connectivity index (χ1v) is 7.46. The van der Waals surface area contributed by atoms with Crippen molar-refractivity contribution in [1.29, 1.82) is 0 Å². The molecule has 0 amide bonds. The molecule has 5 heteroatoms. The van der Waals surface area contributed by atoms with Crippen LogP contribution in [0.1, 0.15) is 49.4 Å².